The van der Waals surface area contributed by atoms with Crippen molar-refractivity contribution in [1.29, 1.82) is 0 Å². The second-order valence-corrected chi connectivity index (χ2v) is 14.0. The molecule has 0 spiro atoms. The van der Waals surface area contributed by atoms with Crippen molar-refractivity contribution in [1.82, 2.24) is 14.9 Å². The van der Waals surface area contributed by atoms with Crippen LogP contribution in [0, 0.1) is 0 Å². The third kappa shape index (κ3) is 13.5. The number of carbonyl (C=O) groups excluding carboxylic acids is 2. The lowest BCUT2D eigenvalue weighted by molar-refractivity contribution is -0.120. The molecule has 2 heterocycles. The van der Waals surface area contributed by atoms with E-state index in [1.54, 1.807) is 6.92 Å². The lowest BCUT2D eigenvalue weighted by Gasteiger charge is -2.19. The predicted molar refractivity (Wildman–Crippen MR) is 149 cm³/mol. The van der Waals surface area contributed by atoms with Crippen molar-refractivity contribution in [2.75, 3.05) is 13.2 Å². The van der Waals surface area contributed by atoms with E-state index in [0.29, 0.717) is 25.8 Å². The Morgan fingerprint density at radius 3 is 2.43 bits per heavy atom. The number of aliphatic hydroxyl groups is 1. The fourth-order valence-corrected chi connectivity index (χ4v) is 6.81. The Labute approximate surface area is 249 Å². The average molecular weight is 692 g/mol. The molecule has 6 atom stereocenters. The monoisotopic (exact) mass is 692 g/mol. The van der Waals surface area contributed by atoms with E-state index in [1.807, 2.05) is 4.98 Å². The molecule has 1 amide bonds. The van der Waals surface area contributed by atoms with Gasteiger partial charge in [0.05, 0.1) is 24.3 Å². The molecular formula is C21H35N4O16P3. The molecule has 2 unspecified atom stereocenters. The van der Waals surface area contributed by atoms with Crippen LogP contribution in [0.3, 0.4) is 0 Å². The van der Waals surface area contributed by atoms with Gasteiger partial charge in [-0.1, -0.05) is 12.8 Å². The van der Waals surface area contributed by atoms with Gasteiger partial charge in [0.2, 0.25) is 5.91 Å². The van der Waals surface area contributed by atoms with Crippen molar-refractivity contribution in [3.63, 3.8) is 0 Å². The Morgan fingerprint density at radius 1 is 1.14 bits per heavy atom. The van der Waals surface area contributed by atoms with E-state index in [9.17, 15) is 47.8 Å². The molecule has 44 heavy (non-hydrogen) atoms. The molecule has 0 bridgehead atoms. The van der Waals surface area contributed by atoms with Crippen molar-refractivity contribution in [3.05, 3.63) is 38.7 Å². The first-order valence-corrected chi connectivity index (χ1v) is 17.5. The van der Waals surface area contributed by atoms with Gasteiger partial charge >= 0.3 is 29.2 Å². The van der Waals surface area contributed by atoms with Crippen LogP contribution in [0.1, 0.15) is 57.2 Å². The number of ether oxygens (including phenoxy) is 1. The lowest BCUT2D eigenvalue weighted by atomic mass is 10.1. The van der Waals surface area contributed by atoms with Gasteiger partial charge in [0, 0.05) is 31.7 Å². The van der Waals surface area contributed by atoms with E-state index in [4.69, 9.17) is 20.3 Å². The van der Waals surface area contributed by atoms with Crippen LogP contribution in [0.5, 0.6) is 0 Å². The summed E-state index contributed by atoms with van der Waals surface area (Å²) in [6, 6.07) is -0.489. The number of nitrogens with zero attached hydrogens (tertiary/aromatic N) is 1. The molecule has 1 aliphatic rings. The molecule has 1 saturated heterocycles. The highest BCUT2D eigenvalue weighted by Crippen LogP contribution is 2.66. The van der Waals surface area contributed by atoms with Gasteiger partial charge in [-0.25, -0.2) is 18.5 Å². The number of aromatic amines is 1. The highest BCUT2D eigenvalue weighted by molar-refractivity contribution is 7.66. The van der Waals surface area contributed by atoms with Crippen LogP contribution in [0.15, 0.2) is 21.9 Å². The van der Waals surface area contributed by atoms with Gasteiger partial charge in [-0.3, -0.25) is 28.5 Å². The number of phosphoric acid groups is 3. The Morgan fingerprint density at radius 2 is 1.80 bits per heavy atom. The number of carbonyl (C=O) groups is 2. The van der Waals surface area contributed by atoms with Crippen molar-refractivity contribution < 1.29 is 65.8 Å². The minimum Gasteiger partial charge on any atom is -0.390 e. The van der Waals surface area contributed by atoms with Crippen molar-refractivity contribution >= 4 is 41.2 Å². The quantitative estimate of drug-likeness (QED) is 0.0547. The maximum atomic E-state index is 12.4. The van der Waals surface area contributed by atoms with Gasteiger partial charge in [-0.05, 0) is 25.8 Å². The molecule has 2 rings (SSSR count). The predicted octanol–water partition coefficient (Wildman–Crippen LogP) is -0.475. The van der Waals surface area contributed by atoms with Crippen LogP contribution in [-0.4, -0.2) is 77.3 Å². The number of hydrogen-bond donors (Lipinski definition) is 8. The first kappa shape index (κ1) is 38.0. The summed E-state index contributed by atoms with van der Waals surface area (Å²) in [6.45, 7) is 1.01. The topological polar surface area (TPSA) is 316 Å². The van der Waals surface area contributed by atoms with Gasteiger partial charge < -0.3 is 40.5 Å². The zero-order valence-electron chi connectivity index (χ0n) is 23.3. The summed E-state index contributed by atoms with van der Waals surface area (Å²) < 4.78 is 52.0. The third-order valence-electron chi connectivity index (χ3n) is 5.90. The Kier molecular flexibility index (Phi) is 14.2. The minimum absolute atomic E-state index is 0.00819. The second kappa shape index (κ2) is 16.4. The number of rotatable bonds is 18. The number of phosphoric ester groups is 1. The van der Waals surface area contributed by atoms with Crippen LogP contribution in [-0.2, 0) is 41.2 Å². The number of nitrogens with two attached hydrogens (primary N) is 1. The number of ketones is 1. The van der Waals surface area contributed by atoms with Gasteiger partial charge in [0.15, 0.2) is 0 Å². The van der Waals surface area contributed by atoms with Crippen LogP contribution in [0.2, 0.25) is 0 Å². The fourth-order valence-electron chi connectivity index (χ4n) is 3.78. The molecule has 1 aromatic rings. The summed E-state index contributed by atoms with van der Waals surface area (Å²) in [5, 5.41) is 12.9. The van der Waals surface area contributed by atoms with E-state index in [0.717, 1.165) is 35.8 Å². The Bertz CT molecular complexity index is 1450. The lowest BCUT2D eigenvalue weighted by Crippen LogP contribution is -2.33. The number of nitrogens with one attached hydrogen (secondary N) is 2. The summed E-state index contributed by atoms with van der Waals surface area (Å²) >= 11 is 0. The van der Waals surface area contributed by atoms with E-state index >= 15 is 0 Å². The maximum Gasteiger partial charge on any atom is 0.490 e. The number of aliphatic hydroxyl groups excluding tert-OH is 1. The Balaban J connectivity index is 1.92. The molecular weight excluding hydrogens is 657 g/mol. The largest absolute Gasteiger partial charge is 0.490 e. The van der Waals surface area contributed by atoms with Crippen LogP contribution < -0.4 is 22.3 Å². The molecule has 1 fully saturated rings. The summed E-state index contributed by atoms with van der Waals surface area (Å²) in [5.41, 5.74) is 3.59. The molecule has 9 N–H and O–H groups in total. The van der Waals surface area contributed by atoms with Crippen molar-refractivity contribution in [3.8, 4) is 0 Å². The zero-order valence-corrected chi connectivity index (χ0v) is 26.0. The first-order valence-electron chi connectivity index (χ1n) is 13.0. The van der Waals surface area contributed by atoms with Gasteiger partial charge in [-0.15, -0.1) is 0 Å². The number of amides is 1. The highest BCUT2D eigenvalue weighted by atomic mass is 31.3. The number of hydrogen-bond acceptors (Lipinski definition) is 13. The van der Waals surface area contributed by atoms with Gasteiger partial charge in [-0.2, -0.15) is 8.62 Å². The summed E-state index contributed by atoms with van der Waals surface area (Å²) in [4.78, 5) is 86.2. The summed E-state index contributed by atoms with van der Waals surface area (Å²) in [6.07, 6.45) is 2.19. The van der Waals surface area contributed by atoms with E-state index in [-0.39, 0.29) is 17.8 Å². The standard InChI is InChI=1S/C21H35N4O16P3/c1-13(22)15(26)6-4-2-3-5-9-23-18(28)8-7-14-11-25(21(30)24-20(14)29)19-10-16(27)17(39-19)12-38-43(34,35)41-44(36,37)40-42(31,32)33/h7-8,11,13,16-17,19,27H,2-6,9-10,12,22H2,1H3,(H,23,28)(H,34,35)(H,36,37)(H,24,29,30)(H2,31,32,33)/b8-7+/t13-,16-,17+,19+/m0/s1. The number of unbranched alkanes of at least 4 members (excludes halogenated alkanes) is 3. The fraction of sp³-hybridized carbons (Fsp3) is 0.619. The zero-order chi connectivity index (χ0) is 33.3. The molecule has 0 radical (unpaired) electrons. The molecule has 23 heteroatoms. The van der Waals surface area contributed by atoms with Crippen LogP contribution in [0.25, 0.3) is 6.08 Å². The normalized spacial score (nSPS) is 22.4. The van der Waals surface area contributed by atoms with Crippen molar-refractivity contribution in [2.45, 2.75) is 69.9 Å². The second-order valence-electron chi connectivity index (χ2n) is 9.61. The molecule has 0 aromatic carbocycles. The number of H-pyrrole nitrogens is 1. The molecule has 20 nitrogen and oxygen atoms in total. The molecule has 0 aliphatic carbocycles. The smallest absolute Gasteiger partial charge is 0.390 e. The highest BCUT2D eigenvalue weighted by Gasteiger charge is 2.43. The first-order chi connectivity index (χ1) is 20.3. The van der Waals surface area contributed by atoms with Crippen molar-refractivity contribution in [2.24, 2.45) is 5.73 Å². The van der Waals surface area contributed by atoms with Crippen LogP contribution in [0.4, 0.5) is 0 Å². The third-order valence-corrected chi connectivity index (χ3v) is 9.70. The number of aromatic nitrogens is 2. The molecule has 1 aliphatic heterocycles. The average Bonchev–Trinajstić information content (AvgIpc) is 3.24. The Hall–Kier alpha value is -2.15. The van der Waals surface area contributed by atoms with Gasteiger partial charge in [0.1, 0.15) is 18.1 Å². The molecule has 250 valence electrons. The van der Waals surface area contributed by atoms with Gasteiger partial charge in [0.25, 0.3) is 5.56 Å². The molecule has 1 aromatic heterocycles. The number of Topliss-reactive ketones (excluding diaryl/α,β-unsaturated/α-hetero) is 1. The van der Waals surface area contributed by atoms with Crippen LogP contribution >= 0.6 is 23.5 Å². The SMILES string of the molecule is C[C@H](N)C(=O)CCCCCCNC(=O)/C=C/c1cn([C@H]2C[C@H](O)[C@@H](COP(=O)(O)OP(=O)(O)OP(=O)(O)O)O2)c(=O)[nH]c1=O. The summed E-state index contributed by atoms with van der Waals surface area (Å²) in [7, 11) is -16.8. The van der Waals surface area contributed by atoms with E-state index < -0.39 is 71.7 Å². The van der Waals surface area contributed by atoms with E-state index in [1.165, 1.54) is 0 Å². The summed E-state index contributed by atoms with van der Waals surface area (Å²) in [5.74, 6) is -0.528. The minimum atomic E-state index is -5.75. The molecule has 0 saturated carbocycles. The maximum absolute atomic E-state index is 12.4. The van der Waals surface area contributed by atoms with E-state index in [2.05, 4.69) is 18.5 Å².